The first kappa shape index (κ1) is 27.9. The van der Waals surface area contributed by atoms with Crippen molar-refractivity contribution in [3.05, 3.63) is 70.3 Å². The molecule has 2 aromatic rings. The Morgan fingerprint density at radius 1 is 0.943 bits per heavy atom. The van der Waals surface area contributed by atoms with Crippen LogP contribution >= 0.6 is 0 Å². The lowest BCUT2D eigenvalue weighted by Gasteiger charge is -2.25. The van der Waals surface area contributed by atoms with Gasteiger partial charge in [0.1, 0.15) is 18.2 Å². The molecule has 35 heavy (non-hydrogen) atoms. The summed E-state index contributed by atoms with van der Waals surface area (Å²) >= 11 is 0. The summed E-state index contributed by atoms with van der Waals surface area (Å²) in [6.07, 6.45) is 1.13. The van der Waals surface area contributed by atoms with Crippen molar-refractivity contribution in [2.24, 2.45) is 0 Å². The quantitative estimate of drug-likeness (QED) is 0.361. The Kier molecular flexibility index (Phi) is 10.3. The molecule has 0 bridgehead atoms. The fraction of sp³-hybridized carbons (Fsp3) is 0.464. The van der Waals surface area contributed by atoms with Crippen LogP contribution in [0, 0.1) is 20.8 Å². The molecule has 2 amide bonds. The summed E-state index contributed by atoms with van der Waals surface area (Å²) in [5.74, 6) is -0.762. The van der Waals surface area contributed by atoms with Gasteiger partial charge in [0.15, 0.2) is 0 Å². The lowest BCUT2D eigenvalue weighted by molar-refractivity contribution is -0.157. The van der Waals surface area contributed by atoms with E-state index < -0.39 is 23.7 Å². The molecule has 2 rings (SSSR count). The molecule has 7 heteroatoms. The number of hydrogen-bond acceptors (Lipinski definition) is 5. The second-order valence-corrected chi connectivity index (χ2v) is 9.82. The Balaban J connectivity index is 1.89. The molecule has 190 valence electrons. The zero-order valence-electron chi connectivity index (χ0n) is 21.7. The number of amides is 2. The van der Waals surface area contributed by atoms with Crippen LogP contribution in [0.2, 0.25) is 0 Å². The molecule has 0 aliphatic rings. The van der Waals surface area contributed by atoms with Crippen LogP contribution in [0.3, 0.4) is 0 Å². The molecule has 2 aromatic carbocycles. The lowest BCUT2D eigenvalue weighted by atomic mass is 9.98. The third-order valence-electron chi connectivity index (χ3n) is 5.30. The molecule has 0 fully saturated rings. The Bertz CT molecular complexity index is 989. The molecule has 7 nitrogen and oxygen atoms in total. The van der Waals surface area contributed by atoms with E-state index in [1.54, 1.807) is 20.8 Å². The van der Waals surface area contributed by atoms with E-state index in [0.717, 1.165) is 22.3 Å². The summed E-state index contributed by atoms with van der Waals surface area (Å²) in [6.45, 7) is 11.8. The summed E-state index contributed by atoms with van der Waals surface area (Å²) in [4.78, 5) is 37.8. The van der Waals surface area contributed by atoms with E-state index in [-0.39, 0.29) is 12.5 Å². The molecule has 0 saturated heterocycles. The van der Waals surface area contributed by atoms with Gasteiger partial charge in [-0.1, -0.05) is 48.0 Å². The van der Waals surface area contributed by atoms with Gasteiger partial charge >= 0.3 is 12.1 Å². The first-order valence-electron chi connectivity index (χ1n) is 12.0. The first-order valence-corrected chi connectivity index (χ1v) is 12.0. The number of benzene rings is 2. The molecule has 0 radical (unpaired) electrons. The zero-order chi connectivity index (χ0) is 26.0. The summed E-state index contributed by atoms with van der Waals surface area (Å²) in [5, 5.41) is 5.59. The van der Waals surface area contributed by atoms with Crippen LogP contribution < -0.4 is 10.6 Å². The predicted molar refractivity (Wildman–Crippen MR) is 136 cm³/mol. The van der Waals surface area contributed by atoms with Gasteiger partial charge in [0.25, 0.3) is 5.91 Å². The van der Waals surface area contributed by atoms with Crippen LogP contribution in [0.5, 0.6) is 0 Å². The topological polar surface area (TPSA) is 93.7 Å². The van der Waals surface area contributed by atoms with Gasteiger partial charge < -0.3 is 20.1 Å². The van der Waals surface area contributed by atoms with Gasteiger partial charge in [-0.3, -0.25) is 4.79 Å². The van der Waals surface area contributed by atoms with Crippen LogP contribution in [-0.2, 0) is 20.9 Å². The molecule has 0 spiro atoms. The van der Waals surface area contributed by atoms with E-state index in [9.17, 15) is 14.4 Å². The van der Waals surface area contributed by atoms with E-state index in [4.69, 9.17) is 9.47 Å². The van der Waals surface area contributed by atoms with Crippen LogP contribution in [0.1, 0.15) is 72.6 Å². The highest BCUT2D eigenvalue weighted by Gasteiger charge is 2.27. The van der Waals surface area contributed by atoms with Crippen molar-refractivity contribution in [1.82, 2.24) is 10.6 Å². The lowest BCUT2D eigenvalue weighted by Crippen LogP contribution is -2.44. The van der Waals surface area contributed by atoms with Gasteiger partial charge in [0.05, 0.1) is 0 Å². The van der Waals surface area contributed by atoms with Crippen LogP contribution in [0.4, 0.5) is 4.79 Å². The summed E-state index contributed by atoms with van der Waals surface area (Å²) < 4.78 is 10.7. The fourth-order valence-electron chi connectivity index (χ4n) is 3.83. The number of rotatable bonds is 10. The number of esters is 1. The van der Waals surface area contributed by atoms with Gasteiger partial charge in [-0.05, 0) is 77.5 Å². The monoisotopic (exact) mass is 482 g/mol. The van der Waals surface area contributed by atoms with Gasteiger partial charge in [-0.2, -0.15) is 0 Å². The standard InChI is InChI=1S/C28H38N2O5/c1-19-16-20(2)24(21(3)17-19)25(31)30-23(26(32)35-28(4,5)6)14-10-11-15-29-27(33)34-18-22-12-8-7-9-13-22/h7-9,12-13,16-17,23H,10-11,14-15,18H2,1-6H3,(H,29,33)(H,30,31). The van der Waals surface area contributed by atoms with E-state index in [1.165, 1.54) is 0 Å². The molecule has 0 aliphatic carbocycles. The van der Waals surface area contributed by atoms with Crippen molar-refractivity contribution >= 4 is 18.0 Å². The Labute approximate surface area is 208 Å². The first-order chi connectivity index (χ1) is 16.5. The average molecular weight is 483 g/mol. The maximum absolute atomic E-state index is 13.1. The second-order valence-electron chi connectivity index (χ2n) is 9.82. The molecular weight excluding hydrogens is 444 g/mol. The Morgan fingerprint density at radius 2 is 1.57 bits per heavy atom. The molecule has 1 atom stereocenters. The molecule has 0 aliphatic heterocycles. The minimum absolute atomic E-state index is 0.206. The average Bonchev–Trinajstić information content (AvgIpc) is 2.75. The molecule has 1 unspecified atom stereocenters. The number of carbonyl (C=O) groups excluding carboxylic acids is 3. The zero-order valence-corrected chi connectivity index (χ0v) is 21.7. The minimum Gasteiger partial charge on any atom is -0.458 e. The Morgan fingerprint density at radius 3 is 2.17 bits per heavy atom. The molecule has 0 heterocycles. The molecular formula is C28H38N2O5. The maximum Gasteiger partial charge on any atom is 0.407 e. The second kappa shape index (κ2) is 12.9. The maximum atomic E-state index is 13.1. The third-order valence-corrected chi connectivity index (χ3v) is 5.30. The number of unbranched alkanes of at least 4 members (excludes halogenated alkanes) is 1. The SMILES string of the molecule is Cc1cc(C)c(C(=O)NC(CCCCNC(=O)OCc2ccccc2)C(=O)OC(C)(C)C)c(C)c1. The fourth-order valence-corrected chi connectivity index (χ4v) is 3.83. The van der Waals surface area contributed by atoms with Crippen molar-refractivity contribution in [1.29, 1.82) is 0 Å². The summed E-state index contributed by atoms with van der Waals surface area (Å²) in [5.41, 5.74) is 3.63. The van der Waals surface area contributed by atoms with Gasteiger partial charge in [0.2, 0.25) is 0 Å². The van der Waals surface area contributed by atoms with Gasteiger partial charge in [0, 0.05) is 12.1 Å². The summed E-state index contributed by atoms with van der Waals surface area (Å²) in [7, 11) is 0. The molecule has 2 N–H and O–H groups in total. The van der Waals surface area contributed by atoms with Crippen molar-refractivity contribution < 1.29 is 23.9 Å². The van der Waals surface area contributed by atoms with E-state index >= 15 is 0 Å². The summed E-state index contributed by atoms with van der Waals surface area (Å²) in [6, 6.07) is 12.6. The molecule has 0 aromatic heterocycles. The number of hydrogen-bond donors (Lipinski definition) is 2. The normalized spacial score (nSPS) is 11.9. The van der Waals surface area contributed by atoms with E-state index in [1.807, 2.05) is 63.2 Å². The van der Waals surface area contributed by atoms with Crippen molar-refractivity contribution in [3.63, 3.8) is 0 Å². The number of nitrogens with one attached hydrogen (secondary N) is 2. The van der Waals surface area contributed by atoms with E-state index in [0.29, 0.717) is 31.4 Å². The van der Waals surface area contributed by atoms with Crippen molar-refractivity contribution in [2.45, 2.75) is 79.1 Å². The number of alkyl carbamates (subject to hydrolysis) is 1. The number of ether oxygens (including phenoxy) is 2. The van der Waals surface area contributed by atoms with Crippen molar-refractivity contribution in [2.75, 3.05) is 6.54 Å². The highest BCUT2D eigenvalue weighted by atomic mass is 16.6. The predicted octanol–water partition coefficient (Wildman–Crippen LogP) is 5.15. The highest BCUT2D eigenvalue weighted by molar-refractivity contribution is 5.99. The smallest absolute Gasteiger partial charge is 0.407 e. The third kappa shape index (κ3) is 9.81. The minimum atomic E-state index is -0.785. The largest absolute Gasteiger partial charge is 0.458 e. The number of aryl methyl sites for hydroxylation is 3. The number of carbonyl (C=O) groups is 3. The van der Waals surface area contributed by atoms with Crippen LogP contribution in [0.25, 0.3) is 0 Å². The van der Waals surface area contributed by atoms with Gasteiger partial charge in [-0.25, -0.2) is 9.59 Å². The van der Waals surface area contributed by atoms with E-state index in [2.05, 4.69) is 10.6 Å². The van der Waals surface area contributed by atoms with Crippen molar-refractivity contribution in [3.8, 4) is 0 Å². The van der Waals surface area contributed by atoms with Crippen LogP contribution in [-0.4, -0.2) is 36.2 Å². The Hall–Kier alpha value is -3.35. The van der Waals surface area contributed by atoms with Gasteiger partial charge in [-0.15, -0.1) is 0 Å². The highest BCUT2D eigenvalue weighted by Crippen LogP contribution is 2.18. The van der Waals surface area contributed by atoms with Crippen LogP contribution in [0.15, 0.2) is 42.5 Å². The molecule has 0 saturated carbocycles.